The van der Waals surface area contributed by atoms with E-state index in [-0.39, 0.29) is 0 Å². The lowest BCUT2D eigenvalue weighted by Crippen LogP contribution is -1.99. The van der Waals surface area contributed by atoms with Crippen molar-refractivity contribution in [3.05, 3.63) is 138 Å². The van der Waals surface area contributed by atoms with Crippen LogP contribution in [0.25, 0.3) is 32.8 Å². The molecule has 186 valence electrons. The Morgan fingerprint density at radius 1 is 0.684 bits per heavy atom. The van der Waals surface area contributed by atoms with Gasteiger partial charge in [0.15, 0.2) is 0 Å². The smallest absolute Gasteiger partial charge is 0.0703 e. The number of benzene rings is 5. The van der Waals surface area contributed by atoms with Crippen molar-refractivity contribution in [2.45, 2.75) is 26.3 Å². The molecule has 0 aliphatic carbocycles. The van der Waals surface area contributed by atoms with Crippen molar-refractivity contribution in [2.75, 3.05) is 11.1 Å². The van der Waals surface area contributed by atoms with Crippen molar-refractivity contribution in [2.24, 2.45) is 0 Å². The number of fused-ring (bicyclic) bond motifs is 2. The molecule has 0 unspecified atom stereocenters. The van der Waals surface area contributed by atoms with Crippen molar-refractivity contribution in [1.82, 2.24) is 4.98 Å². The van der Waals surface area contributed by atoms with Gasteiger partial charge in [-0.1, -0.05) is 78.9 Å². The third kappa shape index (κ3) is 5.09. The molecule has 0 fully saturated rings. The van der Waals surface area contributed by atoms with E-state index in [1.807, 2.05) is 12.1 Å². The van der Waals surface area contributed by atoms with Crippen molar-refractivity contribution in [3.8, 4) is 11.3 Å². The number of hydrogen-bond donors (Lipinski definition) is 2. The lowest BCUT2D eigenvalue weighted by molar-refractivity contribution is 0.971. The zero-order valence-electron chi connectivity index (χ0n) is 21.6. The van der Waals surface area contributed by atoms with Gasteiger partial charge < -0.3 is 11.1 Å². The Morgan fingerprint density at radius 3 is 2.18 bits per heavy atom. The van der Waals surface area contributed by atoms with Gasteiger partial charge in [-0.2, -0.15) is 0 Å². The molecule has 1 heterocycles. The van der Waals surface area contributed by atoms with E-state index < -0.39 is 0 Å². The van der Waals surface area contributed by atoms with Gasteiger partial charge in [0.05, 0.1) is 17.6 Å². The van der Waals surface area contributed by atoms with Gasteiger partial charge in [-0.05, 0) is 93.9 Å². The molecule has 5 aromatic carbocycles. The number of nitrogens with two attached hydrogens (primary N) is 1. The van der Waals surface area contributed by atoms with Crippen LogP contribution in [0.1, 0.15) is 22.3 Å². The Balaban J connectivity index is 1.11. The quantitative estimate of drug-likeness (QED) is 0.235. The second-order valence-corrected chi connectivity index (χ2v) is 10.0. The van der Waals surface area contributed by atoms with Crippen LogP contribution >= 0.6 is 0 Å². The summed E-state index contributed by atoms with van der Waals surface area (Å²) in [5.74, 6) is 0. The molecule has 0 spiro atoms. The Hall–Kier alpha value is -4.63. The number of pyridine rings is 1. The molecular weight excluding hydrogens is 462 g/mol. The molecule has 38 heavy (non-hydrogen) atoms. The SMILES string of the molecule is Cc1ccc(CCc2ccc3cc(CNc4ccc(-c5ccc(N)cn5)cc4)ccc3c2)c2ccccc12. The molecule has 0 saturated carbocycles. The van der Waals surface area contributed by atoms with Gasteiger partial charge in [-0.3, -0.25) is 4.98 Å². The number of anilines is 2. The van der Waals surface area contributed by atoms with Crippen LogP contribution in [0, 0.1) is 6.92 Å². The summed E-state index contributed by atoms with van der Waals surface area (Å²) in [6.07, 6.45) is 3.77. The molecule has 3 N–H and O–H groups in total. The summed E-state index contributed by atoms with van der Waals surface area (Å²) < 4.78 is 0. The Labute approximate surface area is 224 Å². The first-order valence-corrected chi connectivity index (χ1v) is 13.2. The summed E-state index contributed by atoms with van der Waals surface area (Å²) in [6, 6.07) is 39.1. The maximum absolute atomic E-state index is 5.75. The van der Waals surface area contributed by atoms with E-state index in [1.165, 1.54) is 43.8 Å². The molecule has 6 aromatic rings. The molecule has 0 aliphatic rings. The van der Waals surface area contributed by atoms with Crippen LogP contribution in [0.4, 0.5) is 11.4 Å². The van der Waals surface area contributed by atoms with Gasteiger partial charge in [0, 0.05) is 17.8 Å². The van der Waals surface area contributed by atoms with Crippen LogP contribution in [0.15, 0.2) is 115 Å². The number of nitrogen functional groups attached to an aromatic ring is 1. The van der Waals surface area contributed by atoms with E-state index in [4.69, 9.17) is 5.73 Å². The average molecular weight is 494 g/mol. The summed E-state index contributed by atoms with van der Waals surface area (Å²) in [7, 11) is 0. The second-order valence-electron chi connectivity index (χ2n) is 10.0. The third-order valence-corrected chi connectivity index (χ3v) is 7.35. The van der Waals surface area contributed by atoms with Gasteiger partial charge in [0.2, 0.25) is 0 Å². The van der Waals surface area contributed by atoms with Crippen molar-refractivity contribution in [3.63, 3.8) is 0 Å². The summed E-state index contributed by atoms with van der Waals surface area (Å²) in [5, 5.41) is 8.85. The molecular formula is C35H31N3. The maximum Gasteiger partial charge on any atom is 0.0703 e. The molecule has 0 radical (unpaired) electrons. The van der Waals surface area contributed by atoms with Crippen molar-refractivity contribution < 1.29 is 0 Å². The van der Waals surface area contributed by atoms with E-state index >= 15 is 0 Å². The highest BCUT2D eigenvalue weighted by molar-refractivity contribution is 5.88. The highest BCUT2D eigenvalue weighted by Gasteiger charge is 2.06. The maximum atomic E-state index is 5.75. The van der Waals surface area contributed by atoms with E-state index in [0.29, 0.717) is 5.69 Å². The monoisotopic (exact) mass is 493 g/mol. The average Bonchev–Trinajstić information content (AvgIpc) is 2.96. The summed E-state index contributed by atoms with van der Waals surface area (Å²) in [5.41, 5.74) is 14.9. The molecule has 0 atom stereocenters. The zero-order chi connectivity index (χ0) is 25.9. The Morgan fingerprint density at radius 2 is 1.42 bits per heavy atom. The van der Waals surface area contributed by atoms with E-state index in [9.17, 15) is 0 Å². The van der Waals surface area contributed by atoms with Gasteiger partial charge in [-0.25, -0.2) is 0 Å². The number of nitrogens with one attached hydrogen (secondary N) is 1. The van der Waals surface area contributed by atoms with Crippen LogP contribution < -0.4 is 11.1 Å². The lowest BCUT2D eigenvalue weighted by atomic mass is 9.95. The molecule has 0 saturated heterocycles. The molecule has 0 bridgehead atoms. The molecule has 6 rings (SSSR count). The fraction of sp³-hybridized carbons (Fsp3) is 0.114. The largest absolute Gasteiger partial charge is 0.397 e. The molecule has 1 aromatic heterocycles. The highest BCUT2D eigenvalue weighted by atomic mass is 14.9. The number of rotatable bonds is 7. The predicted molar refractivity (Wildman–Crippen MR) is 161 cm³/mol. The third-order valence-electron chi connectivity index (χ3n) is 7.35. The van der Waals surface area contributed by atoms with Crippen LogP contribution in [-0.4, -0.2) is 4.98 Å². The number of aryl methyl sites for hydroxylation is 3. The van der Waals surface area contributed by atoms with Crippen LogP contribution in [0.5, 0.6) is 0 Å². The second kappa shape index (κ2) is 10.4. The zero-order valence-corrected chi connectivity index (χ0v) is 21.6. The molecule has 3 nitrogen and oxygen atoms in total. The first kappa shape index (κ1) is 23.7. The van der Waals surface area contributed by atoms with E-state index in [1.54, 1.807) is 6.20 Å². The van der Waals surface area contributed by atoms with Crippen LogP contribution in [0.2, 0.25) is 0 Å². The van der Waals surface area contributed by atoms with Gasteiger partial charge in [0.1, 0.15) is 0 Å². The van der Waals surface area contributed by atoms with E-state index in [2.05, 4.69) is 114 Å². The molecule has 0 aliphatic heterocycles. The predicted octanol–water partition coefficient (Wildman–Crippen LogP) is 8.34. The fourth-order valence-electron chi connectivity index (χ4n) is 5.16. The summed E-state index contributed by atoms with van der Waals surface area (Å²) >= 11 is 0. The van der Waals surface area contributed by atoms with Gasteiger partial charge in [-0.15, -0.1) is 0 Å². The van der Waals surface area contributed by atoms with E-state index in [0.717, 1.165) is 36.3 Å². The normalized spacial score (nSPS) is 11.2. The lowest BCUT2D eigenvalue weighted by Gasteiger charge is -2.11. The van der Waals surface area contributed by atoms with Gasteiger partial charge >= 0.3 is 0 Å². The number of nitrogens with zero attached hydrogens (tertiary/aromatic N) is 1. The first-order chi connectivity index (χ1) is 18.6. The van der Waals surface area contributed by atoms with Crippen molar-refractivity contribution >= 4 is 32.9 Å². The van der Waals surface area contributed by atoms with Crippen LogP contribution in [0.3, 0.4) is 0 Å². The van der Waals surface area contributed by atoms with Gasteiger partial charge in [0.25, 0.3) is 0 Å². The number of hydrogen-bond acceptors (Lipinski definition) is 3. The minimum atomic E-state index is 0.676. The molecule has 3 heteroatoms. The number of aromatic nitrogens is 1. The Kier molecular flexibility index (Phi) is 6.49. The minimum absolute atomic E-state index is 0.676. The minimum Gasteiger partial charge on any atom is -0.397 e. The fourth-order valence-corrected chi connectivity index (χ4v) is 5.16. The first-order valence-electron chi connectivity index (χ1n) is 13.2. The van der Waals surface area contributed by atoms with Crippen molar-refractivity contribution in [1.29, 1.82) is 0 Å². The molecule has 0 amide bonds. The summed E-state index contributed by atoms with van der Waals surface area (Å²) in [6.45, 7) is 2.97. The summed E-state index contributed by atoms with van der Waals surface area (Å²) in [4.78, 5) is 4.40. The Bertz CT molecular complexity index is 1720. The highest BCUT2D eigenvalue weighted by Crippen LogP contribution is 2.25. The standard InChI is InChI=1S/C35H31N3/c1-24-6-10-27(34-5-3-2-4-33(24)34)11-7-25-8-12-30-21-26(9-13-29(30)20-25)22-37-32-17-14-28(15-18-32)35-19-16-31(36)23-38-35/h2-6,8-10,12-21,23,37H,7,11,22,36H2,1H3. The van der Waals surface area contributed by atoms with Crippen LogP contribution in [-0.2, 0) is 19.4 Å². The topological polar surface area (TPSA) is 50.9 Å².